The van der Waals surface area contributed by atoms with E-state index in [-0.39, 0.29) is 17.9 Å². The minimum atomic E-state index is -0.267. The molecule has 0 aliphatic carbocycles. The number of fused-ring (bicyclic) bond motifs is 1. The lowest BCUT2D eigenvalue weighted by Crippen LogP contribution is -2.49. The van der Waals surface area contributed by atoms with Crippen molar-refractivity contribution in [1.29, 1.82) is 0 Å². The van der Waals surface area contributed by atoms with E-state index in [1.54, 1.807) is 16.0 Å². The van der Waals surface area contributed by atoms with Gasteiger partial charge in [-0.1, -0.05) is 0 Å². The molecule has 2 saturated heterocycles. The average Bonchev–Trinajstić information content (AvgIpc) is 2.60. The zero-order valence-electron chi connectivity index (χ0n) is 12.3. The van der Waals surface area contributed by atoms with Crippen LogP contribution in [0.1, 0.15) is 37.2 Å². The van der Waals surface area contributed by atoms with Gasteiger partial charge in [0.15, 0.2) is 0 Å². The Morgan fingerprint density at radius 2 is 2.14 bits per heavy atom. The highest BCUT2D eigenvalue weighted by Crippen LogP contribution is 2.23. The van der Waals surface area contributed by atoms with Gasteiger partial charge in [-0.15, -0.1) is 0 Å². The molecule has 1 aromatic heterocycles. The fraction of sp³-hybridized carbons (Fsp3) is 0.600. The van der Waals surface area contributed by atoms with E-state index in [0.717, 1.165) is 31.5 Å². The number of carbonyl (C=O) groups is 2. The predicted octanol–water partition coefficient (Wildman–Crippen LogP) is 0.898. The van der Waals surface area contributed by atoms with Gasteiger partial charge in [-0.2, -0.15) is 0 Å². The van der Waals surface area contributed by atoms with Gasteiger partial charge in [-0.3, -0.25) is 9.59 Å². The van der Waals surface area contributed by atoms with Gasteiger partial charge in [0.1, 0.15) is 11.9 Å². The summed E-state index contributed by atoms with van der Waals surface area (Å²) in [6, 6.07) is 1.56. The van der Waals surface area contributed by atoms with Gasteiger partial charge in [0, 0.05) is 25.7 Å². The third kappa shape index (κ3) is 2.89. The Balaban J connectivity index is 1.79. The van der Waals surface area contributed by atoms with Gasteiger partial charge in [-0.05, 0) is 32.3 Å². The number of hydrogen-bond acceptors (Lipinski definition) is 4. The Bertz CT molecular complexity index is 560. The van der Waals surface area contributed by atoms with Crippen molar-refractivity contribution < 1.29 is 9.59 Å². The maximum Gasteiger partial charge on any atom is 0.245 e. The summed E-state index contributed by atoms with van der Waals surface area (Å²) in [4.78, 5) is 36.8. The smallest absolute Gasteiger partial charge is 0.245 e. The van der Waals surface area contributed by atoms with Crippen LogP contribution in [0.3, 0.4) is 0 Å². The van der Waals surface area contributed by atoms with Crippen LogP contribution < -0.4 is 0 Å². The summed E-state index contributed by atoms with van der Waals surface area (Å²) in [5, 5.41) is 0. The van der Waals surface area contributed by atoms with Gasteiger partial charge >= 0.3 is 0 Å². The fourth-order valence-electron chi connectivity index (χ4n) is 3.13. The number of rotatable bonds is 2. The molecule has 6 heteroatoms. The summed E-state index contributed by atoms with van der Waals surface area (Å²) >= 11 is 0. The number of nitrogens with zero attached hydrogens (tertiary/aromatic N) is 4. The molecule has 2 fully saturated rings. The fourth-order valence-corrected chi connectivity index (χ4v) is 3.13. The maximum atomic E-state index is 12.7. The zero-order valence-corrected chi connectivity index (χ0v) is 12.3. The Morgan fingerprint density at radius 3 is 2.95 bits per heavy atom. The van der Waals surface area contributed by atoms with Crippen LogP contribution in [0.5, 0.6) is 0 Å². The van der Waals surface area contributed by atoms with Crippen LogP contribution in [0.25, 0.3) is 0 Å². The number of carbonyl (C=O) groups excluding carboxylic acids is 2. The number of piperidine rings is 1. The SMILES string of the molecule is Cc1nccc(CN2CCC(=O)N3CCCCC3C2=O)n1. The first kappa shape index (κ1) is 14.0. The molecule has 0 N–H and O–H groups in total. The highest BCUT2D eigenvalue weighted by molar-refractivity contribution is 5.90. The first-order valence-corrected chi connectivity index (χ1v) is 7.52. The number of aromatic nitrogens is 2. The van der Waals surface area contributed by atoms with E-state index >= 15 is 0 Å². The molecule has 1 aromatic rings. The molecular weight excluding hydrogens is 268 g/mol. The molecule has 0 saturated carbocycles. The summed E-state index contributed by atoms with van der Waals surface area (Å²) in [6.07, 6.45) is 4.91. The van der Waals surface area contributed by atoms with Crippen LogP contribution >= 0.6 is 0 Å². The van der Waals surface area contributed by atoms with Crippen molar-refractivity contribution in [3.8, 4) is 0 Å². The third-order valence-corrected chi connectivity index (χ3v) is 4.20. The van der Waals surface area contributed by atoms with Crippen LogP contribution in [0, 0.1) is 6.92 Å². The number of aryl methyl sites for hydroxylation is 1. The minimum absolute atomic E-state index is 0.0665. The lowest BCUT2D eigenvalue weighted by atomic mass is 10.0. The maximum absolute atomic E-state index is 12.7. The standard InChI is InChI=1S/C15H20N4O2/c1-11-16-7-5-12(17-11)10-18-9-6-14(20)19-8-3-2-4-13(19)15(18)21/h5,7,13H,2-4,6,8-10H2,1H3. The van der Waals surface area contributed by atoms with Crippen LogP contribution in [0.2, 0.25) is 0 Å². The predicted molar refractivity (Wildman–Crippen MR) is 76.2 cm³/mol. The third-order valence-electron chi connectivity index (χ3n) is 4.20. The van der Waals surface area contributed by atoms with E-state index in [4.69, 9.17) is 0 Å². The highest BCUT2D eigenvalue weighted by atomic mass is 16.2. The van der Waals surface area contributed by atoms with E-state index in [2.05, 4.69) is 9.97 Å². The molecule has 112 valence electrons. The molecule has 2 amide bonds. The van der Waals surface area contributed by atoms with Gasteiger partial charge in [-0.25, -0.2) is 9.97 Å². The monoisotopic (exact) mass is 288 g/mol. The zero-order chi connectivity index (χ0) is 14.8. The molecule has 0 bridgehead atoms. The lowest BCUT2D eigenvalue weighted by molar-refractivity contribution is -0.143. The molecule has 6 nitrogen and oxygen atoms in total. The molecule has 1 unspecified atom stereocenters. The van der Waals surface area contributed by atoms with Crippen molar-refractivity contribution >= 4 is 11.8 Å². The van der Waals surface area contributed by atoms with Crippen molar-refractivity contribution in [1.82, 2.24) is 19.8 Å². The molecule has 3 rings (SSSR count). The minimum Gasteiger partial charge on any atom is -0.334 e. The second-order valence-electron chi connectivity index (χ2n) is 5.70. The van der Waals surface area contributed by atoms with Crippen molar-refractivity contribution in [3.63, 3.8) is 0 Å². The Hall–Kier alpha value is -1.98. The van der Waals surface area contributed by atoms with Crippen LogP contribution in [0.15, 0.2) is 12.3 Å². The number of amides is 2. The molecule has 0 aromatic carbocycles. The molecule has 2 aliphatic rings. The summed E-state index contributed by atoms with van der Waals surface area (Å²) in [7, 11) is 0. The Kier molecular flexibility index (Phi) is 3.86. The Morgan fingerprint density at radius 1 is 1.29 bits per heavy atom. The quantitative estimate of drug-likeness (QED) is 0.811. The van der Waals surface area contributed by atoms with Gasteiger partial charge in [0.05, 0.1) is 12.2 Å². The second kappa shape index (κ2) is 5.79. The van der Waals surface area contributed by atoms with Gasteiger partial charge in [0.2, 0.25) is 11.8 Å². The van der Waals surface area contributed by atoms with Crippen molar-refractivity contribution in [2.75, 3.05) is 13.1 Å². The summed E-state index contributed by atoms with van der Waals surface area (Å²) in [5.74, 6) is 0.872. The van der Waals surface area contributed by atoms with E-state index in [1.807, 2.05) is 13.0 Å². The van der Waals surface area contributed by atoms with Crippen molar-refractivity contribution in [3.05, 3.63) is 23.8 Å². The van der Waals surface area contributed by atoms with E-state index < -0.39 is 0 Å². The first-order valence-electron chi connectivity index (χ1n) is 7.52. The van der Waals surface area contributed by atoms with Gasteiger partial charge in [0.25, 0.3) is 0 Å². The molecule has 1 atom stereocenters. The van der Waals surface area contributed by atoms with E-state index in [1.165, 1.54) is 0 Å². The van der Waals surface area contributed by atoms with Crippen LogP contribution in [-0.4, -0.2) is 50.7 Å². The highest BCUT2D eigenvalue weighted by Gasteiger charge is 2.37. The molecule has 21 heavy (non-hydrogen) atoms. The van der Waals surface area contributed by atoms with E-state index in [9.17, 15) is 9.59 Å². The van der Waals surface area contributed by atoms with E-state index in [0.29, 0.717) is 25.3 Å². The topological polar surface area (TPSA) is 66.4 Å². The lowest BCUT2D eigenvalue weighted by Gasteiger charge is -2.34. The Labute approximate surface area is 124 Å². The molecule has 0 radical (unpaired) electrons. The molecule has 3 heterocycles. The van der Waals surface area contributed by atoms with Crippen molar-refractivity contribution in [2.45, 2.75) is 45.2 Å². The van der Waals surface area contributed by atoms with Crippen molar-refractivity contribution in [2.24, 2.45) is 0 Å². The average molecular weight is 288 g/mol. The molecular formula is C15H20N4O2. The number of hydrogen-bond donors (Lipinski definition) is 0. The molecule has 2 aliphatic heterocycles. The summed E-state index contributed by atoms with van der Waals surface area (Å²) < 4.78 is 0. The summed E-state index contributed by atoms with van der Waals surface area (Å²) in [5.41, 5.74) is 0.826. The molecule has 0 spiro atoms. The first-order chi connectivity index (χ1) is 10.1. The van der Waals surface area contributed by atoms with Crippen LogP contribution in [-0.2, 0) is 16.1 Å². The normalized spacial score (nSPS) is 23.0. The summed E-state index contributed by atoms with van der Waals surface area (Å²) in [6.45, 7) is 3.49. The van der Waals surface area contributed by atoms with Gasteiger partial charge < -0.3 is 9.80 Å². The van der Waals surface area contributed by atoms with Crippen LogP contribution in [0.4, 0.5) is 0 Å². The second-order valence-corrected chi connectivity index (χ2v) is 5.70. The largest absolute Gasteiger partial charge is 0.334 e.